The van der Waals surface area contributed by atoms with E-state index in [-0.39, 0.29) is 5.91 Å². The van der Waals surface area contributed by atoms with Crippen LogP contribution < -0.4 is 10.1 Å². The van der Waals surface area contributed by atoms with Gasteiger partial charge in [-0.05, 0) is 68.7 Å². The summed E-state index contributed by atoms with van der Waals surface area (Å²) >= 11 is 0. The van der Waals surface area contributed by atoms with Gasteiger partial charge in [-0.1, -0.05) is 5.16 Å². The number of aromatic nitrogens is 3. The van der Waals surface area contributed by atoms with E-state index in [1.807, 2.05) is 43.7 Å². The highest BCUT2D eigenvalue weighted by Gasteiger charge is 2.16. The van der Waals surface area contributed by atoms with Crippen molar-refractivity contribution in [2.24, 2.45) is 0 Å². The molecule has 0 bridgehead atoms. The van der Waals surface area contributed by atoms with E-state index in [0.29, 0.717) is 47.2 Å². The average molecular weight is 448 g/mol. The van der Waals surface area contributed by atoms with E-state index in [1.54, 1.807) is 25.5 Å². The van der Waals surface area contributed by atoms with Crippen LogP contribution in [0.15, 0.2) is 53.6 Å². The van der Waals surface area contributed by atoms with Gasteiger partial charge >= 0.3 is 0 Å². The van der Waals surface area contributed by atoms with Gasteiger partial charge in [0.25, 0.3) is 0 Å². The second kappa shape index (κ2) is 9.28. The van der Waals surface area contributed by atoms with Crippen LogP contribution in [0.1, 0.15) is 29.0 Å². The average Bonchev–Trinajstić information content (AvgIpc) is 3.38. The summed E-state index contributed by atoms with van der Waals surface area (Å²) in [6.07, 6.45) is 5.51. The maximum atomic E-state index is 14.4. The van der Waals surface area contributed by atoms with Gasteiger partial charge in [0.1, 0.15) is 23.1 Å². The van der Waals surface area contributed by atoms with E-state index in [4.69, 9.17) is 9.26 Å². The number of aryl methyl sites for hydroxylation is 5. The van der Waals surface area contributed by atoms with E-state index in [0.717, 1.165) is 16.7 Å². The lowest BCUT2D eigenvalue weighted by atomic mass is 10.0. The molecule has 0 saturated heterocycles. The molecule has 0 fully saturated rings. The molecule has 7 nitrogen and oxygen atoms in total. The fourth-order valence-corrected chi connectivity index (χ4v) is 3.84. The Hall–Kier alpha value is -3.94. The summed E-state index contributed by atoms with van der Waals surface area (Å²) in [7, 11) is 0. The monoisotopic (exact) mass is 448 g/mol. The molecule has 2 aromatic carbocycles. The topological polar surface area (TPSA) is 82.2 Å². The van der Waals surface area contributed by atoms with Gasteiger partial charge in [-0.2, -0.15) is 0 Å². The van der Waals surface area contributed by atoms with Gasteiger partial charge in [0.2, 0.25) is 5.91 Å². The minimum Gasteiger partial charge on any atom is -0.457 e. The molecule has 1 N–H and O–H groups in total. The zero-order valence-corrected chi connectivity index (χ0v) is 19.0. The maximum absolute atomic E-state index is 14.4. The summed E-state index contributed by atoms with van der Waals surface area (Å²) in [5, 5.41) is 6.87. The number of anilines is 1. The van der Waals surface area contributed by atoms with Crippen molar-refractivity contribution < 1.29 is 18.4 Å². The fourth-order valence-electron chi connectivity index (χ4n) is 3.84. The molecular weight excluding hydrogens is 423 g/mol. The summed E-state index contributed by atoms with van der Waals surface area (Å²) in [6, 6.07) is 8.21. The molecule has 0 spiro atoms. The number of carbonyl (C=O) groups is 1. The van der Waals surface area contributed by atoms with Gasteiger partial charge in [-0.15, -0.1) is 0 Å². The number of halogens is 1. The molecule has 0 unspecified atom stereocenters. The molecule has 2 heterocycles. The second-order valence-corrected chi connectivity index (χ2v) is 8.01. The van der Waals surface area contributed by atoms with Gasteiger partial charge in [0.05, 0.1) is 12.0 Å². The Bertz CT molecular complexity index is 1250. The van der Waals surface area contributed by atoms with Crippen LogP contribution in [0.2, 0.25) is 0 Å². The number of nitrogens with one attached hydrogen (secondary N) is 1. The van der Waals surface area contributed by atoms with Crippen molar-refractivity contribution in [1.29, 1.82) is 0 Å². The number of nitrogens with zero attached hydrogens (tertiary/aromatic N) is 3. The number of imidazole rings is 1. The van der Waals surface area contributed by atoms with E-state index in [2.05, 4.69) is 15.5 Å². The Morgan fingerprint density at radius 2 is 1.88 bits per heavy atom. The highest BCUT2D eigenvalue weighted by molar-refractivity contribution is 5.91. The fraction of sp³-hybridized carbons (Fsp3) is 0.240. The number of amides is 1. The third-order valence-corrected chi connectivity index (χ3v) is 5.31. The van der Waals surface area contributed by atoms with Crippen LogP contribution in [0.3, 0.4) is 0 Å². The number of benzene rings is 2. The lowest BCUT2D eigenvalue weighted by Crippen LogP contribution is -2.14. The summed E-state index contributed by atoms with van der Waals surface area (Å²) in [5.41, 5.74) is 4.40. The zero-order valence-electron chi connectivity index (χ0n) is 19.0. The Labute approximate surface area is 191 Å². The molecule has 4 aromatic rings. The molecular formula is C25H25FN4O3. The number of hydrogen-bond acceptors (Lipinski definition) is 5. The summed E-state index contributed by atoms with van der Waals surface area (Å²) in [5.74, 6) is 1.09. The molecule has 33 heavy (non-hydrogen) atoms. The van der Waals surface area contributed by atoms with Crippen molar-refractivity contribution >= 4 is 11.6 Å². The standard InChI is InChI=1S/C25H25FN4O3/c1-15-9-21(28-23(31)5-7-30-8-6-27-14-30)10-16(2)25(15)32-22-12-19(11-20(26)13-22)24-17(3)29-33-18(24)4/h6,8-14H,5,7H2,1-4H3,(H,28,31). The van der Waals surface area contributed by atoms with Crippen molar-refractivity contribution in [2.45, 2.75) is 40.7 Å². The quantitative estimate of drug-likeness (QED) is 0.390. The predicted molar refractivity (Wildman–Crippen MR) is 123 cm³/mol. The lowest BCUT2D eigenvalue weighted by molar-refractivity contribution is -0.116. The van der Waals surface area contributed by atoms with Crippen LogP contribution in [-0.4, -0.2) is 20.6 Å². The first kappa shape index (κ1) is 22.3. The minimum absolute atomic E-state index is 0.0922. The van der Waals surface area contributed by atoms with E-state index < -0.39 is 5.82 Å². The largest absolute Gasteiger partial charge is 0.457 e. The molecule has 0 aliphatic rings. The van der Waals surface area contributed by atoms with Crippen LogP contribution in [0.25, 0.3) is 11.1 Å². The Balaban J connectivity index is 1.51. The minimum atomic E-state index is -0.417. The third-order valence-electron chi connectivity index (χ3n) is 5.31. The molecule has 4 rings (SSSR count). The van der Waals surface area contributed by atoms with Crippen LogP contribution in [0.5, 0.6) is 11.5 Å². The Morgan fingerprint density at radius 1 is 1.12 bits per heavy atom. The zero-order chi connectivity index (χ0) is 23.5. The third kappa shape index (κ3) is 5.11. The van der Waals surface area contributed by atoms with Gasteiger partial charge in [-0.3, -0.25) is 4.79 Å². The first-order valence-corrected chi connectivity index (χ1v) is 10.6. The molecule has 2 aromatic heterocycles. The summed E-state index contributed by atoms with van der Waals surface area (Å²) < 4.78 is 27.5. The molecule has 170 valence electrons. The van der Waals surface area contributed by atoms with Crippen LogP contribution in [-0.2, 0) is 11.3 Å². The van der Waals surface area contributed by atoms with Crippen molar-refractivity contribution in [2.75, 3.05) is 5.32 Å². The van der Waals surface area contributed by atoms with Crippen LogP contribution in [0.4, 0.5) is 10.1 Å². The van der Waals surface area contributed by atoms with Crippen molar-refractivity contribution in [1.82, 2.24) is 14.7 Å². The lowest BCUT2D eigenvalue weighted by Gasteiger charge is -2.15. The molecule has 1 amide bonds. The van der Waals surface area contributed by atoms with Gasteiger partial charge in [-0.25, -0.2) is 9.37 Å². The van der Waals surface area contributed by atoms with Crippen LogP contribution in [0, 0.1) is 33.5 Å². The second-order valence-electron chi connectivity index (χ2n) is 8.01. The highest BCUT2D eigenvalue weighted by Crippen LogP contribution is 2.35. The van der Waals surface area contributed by atoms with Crippen molar-refractivity contribution in [3.63, 3.8) is 0 Å². The van der Waals surface area contributed by atoms with Crippen molar-refractivity contribution in [3.05, 3.63) is 77.5 Å². The van der Waals surface area contributed by atoms with Gasteiger partial charge in [0.15, 0.2) is 0 Å². The van der Waals surface area contributed by atoms with E-state index in [9.17, 15) is 9.18 Å². The molecule has 0 radical (unpaired) electrons. The number of carbonyl (C=O) groups excluding carboxylic acids is 1. The Morgan fingerprint density at radius 3 is 2.52 bits per heavy atom. The summed E-state index contributed by atoms with van der Waals surface area (Å²) in [4.78, 5) is 16.3. The van der Waals surface area contributed by atoms with Gasteiger partial charge in [0, 0.05) is 42.7 Å². The van der Waals surface area contributed by atoms with Crippen molar-refractivity contribution in [3.8, 4) is 22.6 Å². The molecule has 0 saturated carbocycles. The SMILES string of the molecule is Cc1cc(NC(=O)CCn2ccnc2)cc(C)c1Oc1cc(F)cc(-c2c(C)noc2C)c1. The maximum Gasteiger partial charge on any atom is 0.226 e. The van der Waals surface area contributed by atoms with E-state index in [1.165, 1.54) is 12.1 Å². The number of rotatable bonds is 7. The number of ether oxygens (including phenoxy) is 1. The normalized spacial score (nSPS) is 10.9. The number of hydrogen-bond donors (Lipinski definition) is 1. The molecule has 0 aliphatic carbocycles. The molecule has 0 atom stereocenters. The van der Waals surface area contributed by atoms with E-state index >= 15 is 0 Å². The first-order chi connectivity index (χ1) is 15.8. The Kier molecular flexibility index (Phi) is 6.26. The predicted octanol–water partition coefficient (Wildman–Crippen LogP) is 5.73. The highest BCUT2D eigenvalue weighted by atomic mass is 19.1. The summed E-state index contributed by atoms with van der Waals surface area (Å²) in [6.45, 7) is 7.93. The molecule has 0 aliphatic heterocycles. The van der Waals surface area contributed by atoms with Crippen LogP contribution >= 0.6 is 0 Å². The first-order valence-electron chi connectivity index (χ1n) is 10.6. The molecule has 8 heteroatoms. The van der Waals surface area contributed by atoms with Gasteiger partial charge < -0.3 is 19.1 Å². The smallest absolute Gasteiger partial charge is 0.226 e.